The van der Waals surface area contributed by atoms with Gasteiger partial charge in [0.25, 0.3) is 0 Å². The topological polar surface area (TPSA) is 33.6 Å². The predicted octanol–water partition coefficient (Wildman–Crippen LogP) is 5.68. The molecule has 3 nitrogen and oxygen atoms in total. The molecule has 0 aliphatic carbocycles. The molecule has 124 valence electrons. The average molecular weight is 348 g/mol. The maximum atomic E-state index is 6.02. The van der Waals surface area contributed by atoms with Gasteiger partial charge in [0.1, 0.15) is 11.5 Å². The van der Waals surface area contributed by atoms with E-state index in [1.165, 1.54) is 16.5 Å². The Hall–Kier alpha value is -2.78. The molecule has 4 rings (SSSR count). The Labute approximate surface area is 151 Å². The lowest BCUT2D eigenvalue weighted by atomic mass is 10.2. The van der Waals surface area contributed by atoms with Crippen molar-refractivity contribution in [2.45, 2.75) is 13.5 Å². The second kappa shape index (κ2) is 6.26. The van der Waals surface area contributed by atoms with Crippen molar-refractivity contribution in [3.05, 3.63) is 83.3 Å². The first-order chi connectivity index (χ1) is 12.2. The second-order valence-corrected chi connectivity index (χ2v) is 6.54. The van der Waals surface area contributed by atoms with Crippen molar-refractivity contribution in [3.8, 4) is 11.4 Å². The van der Waals surface area contributed by atoms with Crippen LogP contribution in [0.3, 0.4) is 0 Å². The molecule has 0 atom stereocenters. The van der Waals surface area contributed by atoms with E-state index in [9.17, 15) is 0 Å². The van der Waals surface area contributed by atoms with E-state index < -0.39 is 0 Å². The highest BCUT2D eigenvalue weighted by Gasteiger charge is 2.15. The van der Waals surface area contributed by atoms with Gasteiger partial charge >= 0.3 is 0 Å². The number of nitrogens with one attached hydrogen (secondary N) is 1. The van der Waals surface area contributed by atoms with Crippen LogP contribution in [0, 0.1) is 6.92 Å². The highest BCUT2D eigenvalue weighted by atomic mass is 35.5. The summed E-state index contributed by atoms with van der Waals surface area (Å²) < 4.78 is 2.30. The zero-order valence-corrected chi connectivity index (χ0v) is 14.7. The first-order valence-corrected chi connectivity index (χ1v) is 8.55. The van der Waals surface area contributed by atoms with Crippen LogP contribution in [0.5, 0.6) is 0 Å². The highest BCUT2D eigenvalue weighted by molar-refractivity contribution is 6.30. The number of imidazole rings is 1. The number of aromatic nitrogens is 3. The number of aromatic amines is 1. The molecule has 25 heavy (non-hydrogen) atoms. The molecule has 4 aromatic rings. The third kappa shape index (κ3) is 2.87. The molecule has 0 spiro atoms. The van der Waals surface area contributed by atoms with Gasteiger partial charge in [0.15, 0.2) is 0 Å². The molecule has 2 aromatic heterocycles. The SMILES string of the molecule is C=Cc1nc(-c2cc3ccccc3n2Cc2ccc(Cl)cc2)c(C)[nH]1. The summed E-state index contributed by atoms with van der Waals surface area (Å²) in [6, 6.07) is 18.6. The Morgan fingerprint density at radius 1 is 1.16 bits per heavy atom. The third-order valence-corrected chi connectivity index (χ3v) is 4.66. The van der Waals surface area contributed by atoms with Crippen molar-refractivity contribution >= 4 is 28.6 Å². The Morgan fingerprint density at radius 2 is 1.92 bits per heavy atom. The molecular formula is C21H18ClN3. The molecule has 0 radical (unpaired) electrons. The first-order valence-electron chi connectivity index (χ1n) is 8.18. The highest BCUT2D eigenvalue weighted by Crippen LogP contribution is 2.30. The van der Waals surface area contributed by atoms with Crippen molar-refractivity contribution in [1.29, 1.82) is 0 Å². The number of H-pyrrole nitrogens is 1. The lowest BCUT2D eigenvalue weighted by molar-refractivity contribution is 0.841. The van der Waals surface area contributed by atoms with E-state index in [2.05, 4.69) is 58.6 Å². The monoisotopic (exact) mass is 347 g/mol. The molecule has 2 aromatic carbocycles. The lowest BCUT2D eigenvalue weighted by Gasteiger charge is -2.10. The van der Waals surface area contributed by atoms with Gasteiger partial charge in [0.2, 0.25) is 0 Å². The van der Waals surface area contributed by atoms with Gasteiger partial charge in [-0.2, -0.15) is 0 Å². The molecule has 2 heterocycles. The average Bonchev–Trinajstić information content (AvgIpc) is 3.17. The van der Waals surface area contributed by atoms with E-state index in [4.69, 9.17) is 16.6 Å². The zero-order chi connectivity index (χ0) is 17.4. The molecule has 0 saturated carbocycles. The summed E-state index contributed by atoms with van der Waals surface area (Å²) in [5.41, 5.74) is 5.48. The lowest BCUT2D eigenvalue weighted by Crippen LogP contribution is -2.02. The minimum atomic E-state index is 0.750. The fourth-order valence-corrected chi connectivity index (χ4v) is 3.30. The summed E-state index contributed by atoms with van der Waals surface area (Å²) in [5.74, 6) is 0.788. The van der Waals surface area contributed by atoms with Crippen LogP contribution in [0.2, 0.25) is 5.02 Å². The van der Waals surface area contributed by atoms with Crippen LogP contribution in [0.15, 0.2) is 61.2 Å². The molecule has 0 aliphatic heterocycles. The van der Waals surface area contributed by atoms with Crippen molar-refractivity contribution in [2.24, 2.45) is 0 Å². The molecule has 1 N–H and O–H groups in total. The van der Waals surface area contributed by atoms with Crippen molar-refractivity contribution in [1.82, 2.24) is 14.5 Å². The molecular weight excluding hydrogens is 330 g/mol. The number of aryl methyl sites for hydroxylation is 1. The standard InChI is InChI=1S/C21H18ClN3/c1-3-20-23-14(2)21(24-20)19-12-16-6-4-5-7-18(16)25(19)13-15-8-10-17(22)11-9-15/h3-12H,1,13H2,2H3,(H,23,24). The number of rotatable bonds is 4. The van der Waals surface area contributed by atoms with Crippen molar-refractivity contribution in [2.75, 3.05) is 0 Å². The third-order valence-electron chi connectivity index (χ3n) is 4.40. The number of hydrogen-bond donors (Lipinski definition) is 1. The molecule has 0 aliphatic rings. The van der Waals surface area contributed by atoms with E-state index in [0.717, 1.165) is 34.5 Å². The van der Waals surface area contributed by atoms with Crippen molar-refractivity contribution in [3.63, 3.8) is 0 Å². The molecule has 0 unspecified atom stereocenters. The molecule has 0 bridgehead atoms. The molecule has 0 amide bonds. The number of nitrogens with zero attached hydrogens (tertiary/aromatic N) is 2. The Balaban J connectivity index is 1.89. The predicted molar refractivity (Wildman–Crippen MR) is 105 cm³/mol. The fraction of sp³-hybridized carbons (Fsp3) is 0.0952. The van der Waals surface area contributed by atoms with Gasteiger partial charge in [-0.3, -0.25) is 0 Å². The largest absolute Gasteiger partial charge is 0.342 e. The summed E-state index contributed by atoms with van der Waals surface area (Å²) in [4.78, 5) is 7.97. The molecule has 0 fully saturated rings. The van der Waals surface area contributed by atoms with Gasteiger partial charge in [-0.15, -0.1) is 0 Å². The Kier molecular flexibility index (Phi) is 3.94. The van der Waals surface area contributed by atoms with Crippen molar-refractivity contribution < 1.29 is 0 Å². The molecule has 0 saturated heterocycles. The van der Waals surface area contributed by atoms with Gasteiger partial charge in [0.05, 0.1) is 5.69 Å². The normalized spacial score (nSPS) is 11.1. The summed E-state index contributed by atoms with van der Waals surface area (Å²) in [5, 5.41) is 1.95. The van der Waals surface area contributed by atoms with Gasteiger partial charge in [-0.1, -0.05) is 48.5 Å². The van der Waals surface area contributed by atoms with Crippen LogP contribution in [-0.2, 0) is 6.54 Å². The van der Waals surface area contributed by atoms with Gasteiger partial charge < -0.3 is 9.55 Å². The minimum Gasteiger partial charge on any atom is -0.342 e. The Bertz CT molecular complexity index is 1050. The van der Waals surface area contributed by atoms with Gasteiger partial charge in [-0.05, 0) is 42.8 Å². The van der Waals surface area contributed by atoms with E-state index >= 15 is 0 Å². The van der Waals surface area contributed by atoms with Gasteiger partial charge in [-0.25, -0.2) is 4.98 Å². The maximum absolute atomic E-state index is 6.02. The number of fused-ring (bicyclic) bond motifs is 1. The van der Waals surface area contributed by atoms with Crippen LogP contribution in [0.4, 0.5) is 0 Å². The maximum Gasteiger partial charge on any atom is 0.130 e. The number of halogens is 1. The fourth-order valence-electron chi connectivity index (χ4n) is 3.18. The summed E-state index contributed by atoms with van der Waals surface area (Å²) in [7, 11) is 0. The summed E-state index contributed by atoms with van der Waals surface area (Å²) in [6.07, 6.45) is 1.74. The number of benzene rings is 2. The van der Waals surface area contributed by atoms with E-state index in [1.54, 1.807) is 6.08 Å². The van der Waals surface area contributed by atoms with Crippen LogP contribution >= 0.6 is 11.6 Å². The minimum absolute atomic E-state index is 0.750. The van der Waals surface area contributed by atoms with Crippen LogP contribution in [0.25, 0.3) is 28.4 Å². The quantitative estimate of drug-likeness (QED) is 0.506. The summed E-state index contributed by atoms with van der Waals surface area (Å²) >= 11 is 6.02. The first kappa shape index (κ1) is 15.7. The second-order valence-electron chi connectivity index (χ2n) is 6.10. The zero-order valence-electron chi connectivity index (χ0n) is 14.0. The Morgan fingerprint density at radius 3 is 2.64 bits per heavy atom. The number of para-hydroxylation sites is 1. The summed E-state index contributed by atoms with van der Waals surface area (Å²) in [6.45, 7) is 6.61. The van der Waals surface area contributed by atoms with Crippen LogP contribution in [0.1, 0.15) is 17.1 Å². The van der Waals surface area contributed by atoms with Crippen LogP contribution in [-0.4, -0.2) is 14.5 Å². The smallest absolute Gasteiger partial charge is 0.130 e. The van der Waals surface area contributed by atoms with E-state index in [1.807, 2.05) is 19.1 Å². The van der Waals surface area contributed by atoms with E-state index in [-0.39, 0.29) is 0 Å². The number of hydrogen-bond acceptors (Lipinski definition) is 1. The van der Waals surface area contributed by atoms with Crippen LogP contribution < -0.4 is 0 Å². The molecule has 4 heteroatoms. The van der Waals surface area contributed by atoms with Gasteiger partial charge in [0, 0.05) is 28.2 Å². The van der Waals surface area contributed by atoms with E-state index in [0.29, 0.717) is 0 Å².